The molecule has 0 amide bonds. The first-order chi connectivity index (χ1) is 10.7. The molecule has 0 bridgehead atoms. The van der Waals surface area contributed by atoms with Crippen LogP contribution in [0.3, 0.4) is 0 Å². The van der Waals surface area contributed by atoms with Crippen LogP contribution in [0.25, 0.3) is 0 Å². The molecule has 2 N–H and O–H groups in total. The highest BCUT2D eigenvalue weighted by Crippen LogP contribution is 2.30. The first kappa shape index (κ1) is 16.0. The van der Waals surface area contributed by atoms with Crippen LogP contribution in [0.15, 0.2) is 18.2 Å². The quantitative estimate of drug-likeness (QED) is 0.878. The van der Waals surface area contributed by atoms with E-state index in [0.717, 1.165) is 32.6 Å². The lowest BCUT2D eigenvalue weighted by atomic mass is 9.80. The van der Waals surface area contributed by atoms with E-state index in [9.17, 15) is 5.11 Å². The summed E-state index contributed by atoms with van der Waals surface area (Å²) in [5.41, 5.74) is 4.46. The fraction of sp³-hybridized carbons (Fsp3) is 0.684. The Morgan fingerprint density at radius 3 is 2.64 bits per heavy atom. The molecule has 3 heteroatoms. The molecule has 3 nitrogen and oxygen atoms in total. The van der Waals surface area contributed by atoms with Gasteiger partial charge in [0.05, 0.1) is 6.61 Å². The van der Waals surface area contributed by atoms with Gasteiger partial charge in [0.15, 0.2) is 0 Å². The van der Waals surface area contributed by atoms with Gasteiger partial charge in [-0.15, -0.1) is 0 Å². The number of aliphatic hydroxyl groups is 1. The summed E-state index contributed by atoms with van der Waals surface area (Å²) in [7, 11) is 0. The lowest BCUT2D eigenvalue weighted by Gasteiger charge is -2.36. The Kier molecular flexibility index (Phi) is 5.17. The summed E-state index contributed by atoms with van der Waals surface area (Å²) in [6.45, 7) is 4.89. The third-order valence-corrected chi connectivity index (χ3v) is 5.54. The second kappa shape index (κ2) is 7.12. The summed E-state index contributed by atoms with van der Waals surface area (Å²) < 4.78 is 5.44. The van der Waals surface area contributed by atoms with Crippen molar-refractivity contribution in [1.82, 2.24) is 5.32 Å². The molecule has 1 aliphatic carbocycles. The summed E-state index contributed by atoms with van der Waals surface area (Å²) in [5.74, 6) is 0. The van der Waals surface area contributed by atoms with Crippen molar-refractivity contribution in [3.8, 4) is 0 Å². The van der Waals surface area contributed by atoms with Crippen LogP contribution in [0.2, 0.25) is 0 Å². The molecular weight excluding hydrogens is 274 g/mol. The molecule has 1 aliphatic heterocycles. The maximum absolute atomic E-state index is 9.79. The monoisotopic (exact) mass is 303 g/mol. The molecule has 1 aromatic rings. The van der Waals surface area contributed by atoms with Gasteiger partial charge >= 0.3 is 0 Å². The molecule has 1 unspecified atom stereocenters. The predicted molar refractivity (Wildman–Crippen MR) is 89.1 cm³/mol. The standard InChI is InChI=1S/C19H29NO2/c1-15(20-13-19(14-21)8-10-22-11-9-19)17-7-6-16-4-2-3-5-18(16)12-17/h6-7,12,15,20-21H,2-5,8-11,13-14H2,1H3. The molecule has 122 valence electrons. The Morgan fingerprint density at radius 1 is 1.18 bits per heavy atom. The predicted octanol–water partition coefficient (Wildman–Crippen LogP) is 3.01. The van der Waals surface area contributed by atoms with Gasteiger partial charge in [-0.3, -0.25) is 0 Å². The lowest BCUT2D eigenvalue weighted by Crippen LogP contribution is -2.42. The lowest BCUT2D eigenvalue weighted by molar-refractivity contribution is -0.0163. The van der Waals surface area contributed by atoms with Gasteiger partial charge in [-0.25, -0.2) is 0 Å². The van der Waals surface area contributed by atoms with Crippen LogP contribution < -0.4 is 5.32 Å². The summed E-state index contributed by atoms with van der Waals surface area (Å²) in [6.07, 6.45) is 7.03. The Morgan fingerprint density at radius 2 is 1.91 bits per heavy atom. The van der Waals surface area contributed by atoms with Gasteiger partial charge in [0.1, 0.15) is 0 Å². The van der Waals surface area contributed by atoms with E-state index in [1.165, 1.54) is 31.2 Å². The summed E-state index contributed by atoms with van der Waals surface area (Å²) >= 11 is 0. The van der Waals surface area contributed by atoms with Gasteiger partial charge in [-0.1, -0.05) is 18.2 Å². The minimum Gasteiger partial charge on any atom is -0.396 e. The van der Waals surface area contributed by atoms with Crippen molar-refractivity contribution in [2.24, 2.45) is 5.41 Å². The molecule has 22 heavy (non-hydrogen) atoms. The number of rotatable bonds is 5. The molecule has 1 atom stereocenters. The van der Waals surface area contributed by atoms with Gasteiger partial charge < -0.3 is 15.2 Å². The molecule has 3 rings (SSSR count). The third kappa shape index (κ3) is 3.53. The minimum absolute atomic E-state index is 0.000712. The van der Waals surface area contributed by atoms with Crippen LogP contribution in [0.5, 0.6) is 0 Å². The molecule has 0 spiro atoms. The first-order valence-electron chi connectivity index (χ1n) is 8.76. The van der Waals surface area contributed by atoms with Crippen LogP contribution in [-0.2, 0) is 17.6 Å². The van der Waals surface area contributed by atoms with E-state index in [4.69, 9.17) is 4.74 Å². The van der Waals surface area contributed by atoms with E-state index < -0.39 is 0 Å². The van der Waals surface area contributed by atoms with E-state index in [1.807, 2.05) is 0 Å². The van der Waals surface area contributed by atoms with E-state index in [0.29, 0.717) is 6.04 Å². The van der Waals surface area contributed by atoms with Gasteiger partial charge in [0.2, 0.25) is 0 Å². The highest BCUT2D eigenvalue weighted by atomic mass is 16.5. The van der Waals surface area contributed by atoms with E-state index in [1.54, 1.807) is 11.1 Å². The van der Waals surface area contributed by atoms with E-state index in [2.05, 4.69) is 30.4 Å². The average Bonchev–Trinajstić information content (AvgIpc) is 2.60. The van der Waals surface area contributed by atoms with E-state index >= 15 is 0 Å². The summed E-state index contributed by atoms with van der Waals surface area (Å²) in [4.78, 5) is 0. The Labute approximate surface area is 134 Å². The Balaban J connectivity index is 1.62. The molecule has 0 radical (unpaired) electrons. The number of ether oxygens (including phenoxy) is 1. The molecule has 0 saturated carbocycles. The SMILES string of the molecule is CC(NCC1(CO)CCOCC1)c1ccc2c(c1)CCCC2. The molecular formula is C19H29NO2. The first-order valence-corrected chi connectivity index (χ1v) is 8.76. The van der Waals surface area contributed by atoms with Crippen LogP contribution in [0, 0.1) is 5.41 Å². The zero-order valence-electron chi connectivity index (χ0n) is 13.7. The number of fused-ring (bicyclic) bond motifs is 1. The van der Waals surface area contributed by atoms with Crippen molar-refractivity contribution in [1.29, 1.82) is 0 Å². The number of hydrogen-bond donors (Lipinski definition) is 2. The zero-order valence-corrected chi connectivity index (χ0v) is 13.7. The van der Waals surface area contributed by atoms with Gasteiger partial charge in [0.25, 0.3) is 0 Å². The maximum Gasteiger partial charge on any atom is 0.0501 e. The Bertz CT molecular complexity index is 494. The fourth-order valence-corrected chi connectivity index (χ4v) is 3.71. The summed E-state index contributed by atoms with van der Waals surface area (Å²) in [5, 5.41) is 13.4. The van der Waals surface area contributed by atoms with Crippen LogP contribution in [0.4, 0.5) is 0 Å². The molecule has 1 heterocycles. The molecule has 0 aromatic heterocycles. The topological polar surface area (TPSA) is 41.5 Å². The zero-order chi connectivity index (χ0) is 15.4. The number of aryl methyl sites for hydroxylation is 2. The number of benzene rings is 1. The molecule has 1 fully saturated rings. The summed E-state index contributed by atoms with van der Waals surface area (Å²) in [6, 6.07) is 7.32. The molecule has 2 aliphatic rings. The van der Waals surface area contributed by atoms with Crippen LogP contribution >= 0.6 is 0 Å². The van der Waals surface area contributed by atoms with Crippen molar-refractivity contribution in [3.05, 3.63) is 34.9 Å². The number of hydrogen-bond acceptors (Lipinski definition) is 3. The van der Waals surface area contributed by atoms with Crippen molar-refractivity contribution in [3.63, 3.8) is 0 Å². The normalized spacial score (nSPS) is 22.1. The van der Waals surface area contributed by atoms with E-state index in [-0.39, 0.29) is 12.0 Å². The average molecular weight is 303 g/mol. The van der Waals surface area contributed by atoms with Crippen molar-refractivity contribution >= 4 is 0 Å². The molecule has 1 saturated heterocycles. The number of aliphatic hydroxyl groups excluding tert-OH is 1. The third-order valence-electron chi connectivity index (χ3n) is 5.54. The van der Waals surface area contributed by atoms with Crippen molar-refractivity contribution in [2.75, 3.05) is 26.4 Å². The van der Waals surface area contributed by atoms with Gasteiger partial charge in [-0.2, -0.15) is 0 Å². The van der Waals surface area contributed by atoms with Gasteiger partial charge in [0, 0.05) is 31.2 Å². The van der Waals surface area contributed by atoms with Crippen molar-refractivity contribution in [2.45, 2.75) is 51.5 Å². The fourth-order valence-electron chi connectivity index (χ4n) is 3.71. The second-order valence-corrected chi connectivity index (χ2v) is 7.11. The highest BCUT2D eigenvalue weighted by molar-refractivity contribution is 5.35. The van der Waals surface area contributed by atoms with Gasteiger partial charge in [-0.05, 0) is 62.1 Å². The highest BCUT2D eigenvalue weighted by Gasteiger charge is 2.32. The second-order valence-electron chi connectivity index (χ2n) is 7.11. The maximum atomic E-state index is 9.79. The number of nitrogens with one attached hydrogen (secondary N) is 1. The van der Waals surface area contributed by atoms with Crippen LogP contribution in [0.1, 0.15) is 55.3 Å². The Hall–Kier alpha value is -0.900. The smallest absolute Gasteiger partial charge is 0.0501 e. The largest absolute Gasteiger partial charge is 0.396 e. The van der Waals surface area contributed by atoms with Crippen molar-refractivity contribution < 1.29 is 9.84 Å². The molecule has 1 aromatic carbocycles. The van der Waals surface area contributed by atoms with Crippen LogP contribution in [-0.4, -0.2) is 31.5 Å². The minimum atomic E-state index is 0.000712.